The lowest BCUT2D eigenvalue weighted by atomic mass is 9.90. The molecule has 0 radical (unpaired) electrons. The Hall–Kier alpha value is -3.17. The molecule has 2 atom stereocenters. The van der Waals surface area contributed by atoms with E-state index in [1.165, 1.54) is 11.1 Å². The second kappa shape index (κ2) is 7.10. The van der Waals surface area contributed by atoms with Crippen LogP contribution in [0.25, 0.3) is 24.3 Å². The molecule has 1 aliphatic heterocycles. The predicted molar refractivity (Wildman–Crippen MR) is 117 cm³/mol. The van der Waals surface area contributed by atoms with Gasteiger partial charge in [-0.2, -0.15) is 0 Å². The second-order valence-corrected chi connectivity index (χ2v) is 7.21. The minimum absolute atomic E-state index is 0.200. The van der Waals surface area contributed by atoms with Crippen LogP contribution in [-0.2, 0) is 9.47 Å². The van der Waals surface area contributed by atoms with Crippen LogP contribution in [0.4, 0.5) is 0 Å². The zero-order valence-electron chi connectivity index (χ0n) is 15.1. The summed E-state index contributed by atoms with van der Waals surface area (Å²) in [5.74, 6) is 0. The van der Waals surface area contributed by atoms with Gasteiger partial charge in [0.05, 0.1) is 0 Å². The van der Waals surface area contributed by atoms with Crippen molar-refractivity contribution in [2.24, 2.45) is 0 Å². The minimum Gasteiger partial charge on any atom is -0.444 e. The molecule has 0 amide bonds. The number of hydrogen-bond acceptors (Lipinski definition) is 3. The fourth-order valence-electron chi connectivity index (χ4n) is 3.83. The second-order valence-electron chi connectivity index (χ2n) is 6.88. The van der Waals surface area contributed by atoms with Crippen LogP contribution in [0.2, 0.25) is 0 Å². The molecule has 3 aromatic carbocycles. The molecule has 0 N–H and O–H groups in total. The highest BCUT2D eigenvalue weighted by Crippen LogP contribution is 2.44. The summed E-state index contributed by atoms with van der Waals surface area (Å²) in [7, 11) is 0. The summed E-state index contributed by atoms with van der Waals surface area (Å²) in [6.45, 7) is 0. The van der Waals surface area contributed by atoms with Crippen LogP contribution in [0, 0.1) is 0 Å². The molecular formula is C25H18O2S. The fraction of sp³-hybridized carbons (Fsp3) is 0.0800. The van der Waals surface area contributed by atoms with Crippen LogP contribution in [-0.4, -0.2) is 5.24 Å². The van der Waals surface area contributed by atoms with E-state index in [1.54, 1.807) is 0 Å². The fourth-order valence-corrected chi connectivity index (χ4v) is 4.04. The van der Waals surface area contributed by atoms with Crippen molar-refractivity contribution < 1.29 is 9.47 Å². The van der Waals surface area contributed by atoms with Crippen LogP contribution < -0.4 is 0 Å². The molecule has 2 nitrogen and oxygen atoms in total. The van der Waals surface area contributed by atoms with E-state index in [9.17, 15) is 0 Å². The zero-order valence-corrected chi connectivity index (χ0v) is 15.9. The first kappa shape index (κ1) is 17.0. The van der Waals surface area contributed by atoms with Gasteiger partial charge in [-0.15, -0.1) is 0 Å². The summed E-state index contributed by atoms with van der Waals surface area (Å²) in [5, 5.41) is 0.200. The highest BCUT2D eigenvalue weighted by atomic mass is 32.1. The molecule has 1 heterocycles. The smallest absolute Gasteiger partial charge is 0.353 e. The summed E-state index contributed by atoms with van der Waals surface area (Å²) in [5.41, 5.74) is 6.68. The topological polar surface area (TPSA) is 18.5 Å². The SMILES string of the molecule is S=C1O[C@@H]2c3ccccc3/C=C\c3ccccc3/C=C\c3ccccc3[C@@H]2O1. The van der Waals surface area contributed by atoms with Gasteiger partial charge in [-0.3, -0.25) is 0 Å². The van der Waals surface area contributed by atoms with Gasteiger partial charge in [0.25, 0.3) is 0 Å². The molecule has 1 fully saturated rings. The number of hydrogen-bond donors (Lipinski definition) is 0. The van der Waals surface area contributed by atoms with E-state index < -0.39 is 0 Å². The van der Waals surface area contributed by atoms with E-state index in [2.05, 4.69) is 72.8 Å². The van der Waals surface area contributed by atoms with Crippen molar-refractivity contribution in [2.45, 2.75) is 12.2 Å². The lowest BCUT2D eigenvalue weighted by Gasteiger charge is -2.20. The molecule has 1 aliphatic carbocycles. The quantitative estimate of drug-likeness (QED) is 0.416. The first-order valence-corrected chi connectivity index (χ1v) is 9.71. The van der Waals surface area contributed by atoms with Gasteiger partial charge in [0.2, 0.25) is 0 Å². The Morgan fingerprint density at radius 1 is 0.500 bits per heavy atom. The van der Waals surface area contributed by atoms with E-state index in [0.717, 1.165) is 22.3 Å². The Morgan fingerprint density at radius 3 is 1.32 bits per heavy atom. The van der Waals surface area contributed by atoms with Gasteiger partial charge in [0.1, 0.15) is 0 Å². The van der Waals surface area contributed by atoms with Crippen molar-refractivity contribution in [1.29, 1.82) is 0 Å². The largest absolute Gasteiger partial charge is 0.444 e. The van der Waals surface area contributed by atoms with Gasteiger partial charge in [-0.05, 0) is 22.3 Å². The maximum atomic E-state index is 5.97. The van der Waals surface area contributed by atoms with Crippen molar-refractivity contribution in [3.05, 3.63) is 106 Å². The number of thiocarbonyl (C=S) groups is 1. The van der Waals surface area contributed by atoms with E-state index in [1.807, 2.05) is 24.3 Å². The average molecular weight is 382 g/mol. The summed E-state index contributed by atoms with van der Waals surface area (Å²) in [6, 6.07) is 24.9. The van der Waals surface area contributed by atoms with E-state index in [4.69, 9.17) is 21.7 Å². The molecule has 1 saturated heterocycles. The van der Waals surface area contributed by atoms with Gasteiger partial charge in [0.15, 0.2) is 12.2 Å². The van der Waals surface area contributed by atoms with Crippen LogP contribution in [0.3, 0.4) is 0 Å². The Bertz CT molecular complexity index is 1030. The van der Waals surface area contributed by atoms with Crippen LogP contribution in [0.1, 0.15) is 45.6 Å². The Balaban J connectivity index is 1.77. The molecule has 3 aromatic rings. The van der Waals surface area contributed by atoms with Crippen LogP contribution in [0.5, 0.6) is 0 Å². The monoisotopic (exact) mass is 382 g/mol. The Labute approximate surface area is 169 Å². The molecule has 136 valence electrons. The summed E-state index contributed by atoms with van der Waals surface area (Å²) in [4.78, 5) is 0. The lowest BCUT2D eigenvalue weighted by Crippen LogP contribution is -2.10. The van der Waals surface area contributed by atoms with Gasteiger partial charge in [-0.1, -0.05) is 97.1 Å². The highest BCUT2D eigenvalue weighted by Gasteiger charge is 2.38. The van der Waals surface area contributed by atoms with E-state index in [-0.39, 0.29) is 17.4 Å². The molecule has 0 aromatic heterocycles. The standard InChI is InChI=1S/C25H18O2S/c28-25-26-23-21-11-5-3-9-19(21)15-13-17-7-1-2-8-18(17)14-16-20-10-4-6-12-22(20)24(23)27-25/h1-16,23-24H/b15-13-,16-14-/t23-,24+. The van der Waals surface area contributed by atoms with Crippen molar-refractivity contribution in [1.82, 2.24) is 0 Å². The normalized spacial score (nSPS) is 22.1. The van der Waals surface area contributed by atoms with Gasteiger partial charge in [0, 0.05) is 23.3 Å². The van der Waals surface area contributed by atoms with Crippen molar-refractivity contribution in [2.75, 3.05) is 0 Å². The van der Waals surface area contributed by atoms with Gasteiger partial charge in [-0.25, -0.2) is 0 Å². The molecular weight excluding hydrogens is 364 g/mol. The van der Waals surface area contributed by atoms with E-state index in [0.29, 0.717) is 0 Å². The summed E-state index contributed by atoms with van der Waals surface area (Å²) in [6.07, 6.45) is 8.01. The zero-order chi connectivity index (χ0) is 18.9. The molecule has 0 unspecified atom stereocenters. The first-order chi connectivity index (χ1) is 13.8. The number of fused-ring (bicyclic) bond motifs is 6. The average Bonchev–Trinajstić information content (AvgIpc) is 3.12. The molecule has 3 heteroatoms. The van der Waals surface area contributed by atoms with Crippen LogP contribution in [0.15, 0.2) is 72.8 Å². The summed E-state index contributed by atoms with van der Waals surface area (Å²) < 4.78 is 11.9. The predicted octanol–water partition coefficient (Wildman–Crippen LogP) is 6.45. The molecule has 2 aliphatic rings. The number of benzene rings is 3. The Kier molecular flexibility index (Phi) is 4.30. The molecule has 0 bridgehead atoms. The number of ether oxygens (including phenoxy) is 2. The minimum atomic E-state index is -0.280. The maximum Gasteiger partial charge on any atom is 0.353 e. The molecule has 0 saturated carbocycles. The van der Waals surface area contributed by atoms with Crippen molar-refractivity contribution >= 4 is 41.8 Å². The van der Waals surface area contributed by atoms with Crippen LogP contribution >= 0.6 is 12.2 Å². The lowest BCUT2D eigenvalue weighted by molar-refractivity contribution is 0.159. The van der Waals surface area contributed by atoms with Gasteiger partial charge < -0.3 is 9.47 Å². The van der Waals surface area contributed by atoms with Crippen molar-refractivity contribution in [3.63, 3.8) is 0 Å². The summed E-state index contributed by atoms with van der Waals surface area (Å²) >= 11 is 5.28. The first-order valence-electron chi connectivity index (χ1n) is 9.30. The molecule has 28 heavy (non-hydrogen) atoms. The number of rotatable bonds is 0. The van der Waals surface area contributed by atoms with Gasteiger partial charge >= 0.3 is 5.24 Å². The maximum absolute atomic E-state index is 5.97. The third-order valence-electron chi connectivity index (χ3n) is 5.21. The highest BCUT2D eigenvalue weighted by molar-refractivity contribution is 7.79. The third kappa shape index (κ3) is 3.04. The Morgan fingerprint density at radius 2 is 0.857 bits per heavy atom. The molecule has 0 spiro atoms. The third-order valence-corrected chi connectivity index (χ3v) is 5.40. The van der Waals surface area contributed by atoms with Crippen molar-refractivity contribution in [3.8, 4) is 0 Å². The van der Waals surface area contributed by atoms with E-state index >= 15 is 0 Å². The molecule has 5 rings (SSSR count).